The molecule has 0 saturated heterocycles. The molecule has 0 fully saturated rings. The van der Waals surface area contributed by atoms with E-state index in [1.807, 2.05) is 24.3 Å². The molecule has 11 aromatic carbocycles. The molecule has 0 bridgehead atoms. The van der Waals surface area contributed by atoms with Crippen molar-refractivity contribution in [3.8, 4) is 23.1 Å². The van der Waals surface area contributed by atoms with Crippen LogP contribution in [0.4, 0.5) is 22.7 Å². The summed E-state index contributed by atoms with van der Waals surface area (Å²) in [6.45, 7) is 8.85. The molecule has 0 aliphatic carbocycles. The summed E-state index contributed by atoms with van der Waals surface area (Å²) in [5.74, 6) is 0. The molecule has 0 saturated carbocycles. The number of fused-ring (bicyclic) bond motifs is 13. The molecule has 0 atom stereocenters. The Morgan fingerprint density at radius 2 is 0.843 bits per heavy atom. The summed E-state index contributed by atoms with van der Waals surface area (Å²) in [5.41, 5.74) is 12.5. The maximum Gasteiger partial charge on any atom is 0.212 e. The van der Waals surface area contributed by atoms with E-state index in [1.54, 1.807) is 0 Å². The highest BCUT2D eigenvalue weighted by molar-refractivity contribution is 6.24. The Morgan fingerprint density at radius 1 is 0.371 bits per heavy atom. The monoisotopic (exact) mass is 890 g/mol. The molecule has 0 spiro atoms. The quantitative estimate of drug-likeness (QED) is 0.156. The Balaban J connectivity index is 1.02. The lowest BCUT2D eigenvalue weighted by molar-refractivity contribution is 1.14. The van der Waals surface area contributed by atoms with Crippen LogP contribution in [0.5, 0.6) is 0 Å². The van der Waals surface area contributed by atoms with Crippen molar-refractivity contribution >= 4 is 110 Å². The summed E-state index contributed by atoms with van der Waals surface area (Å²) < 4.78 is 6.73. The van der Waals surface area contributed by atoms with E-state index in [0.29, 0.717) is 22.6 Å². The molecule has 14 rings (SSSR count). The average molecular weight is 891 g/mol. The van der Waals surface area contributed by atoms with Crippen LogP contribution in [0.2, 0.25) is 0 Å². The van der Waals surface area contributed by atoms with Crippen LogP contribution in [-0.2, 0) is 0 Å². The molecule has 0 radical (unpaired) electrons. The minimum Gasteiger partial charge on any atom is -0.319 e. The number of benzene rings is 11. The first kappa shape index (κ1) is 39.3. The van der Waals surface area contributed by atoms with Gasteiger partial charge in [-0.15, -0.1) is 0 Å². The lowest BCUT2D eigenvalue weighted by atomic mass is 10.0. The summed E-state index contributed by atoms with van der Waals surface area (Å²) in [7, 11) is 0. The molecule has 14 aromatic rings. The average Bonchev–Trinajstić information content (AvgIpc) is 4.06. The van der Waals surface area contributed by atoms with Crippen LogP contribution in [0.15, 0.2) is 231 Å². The Bertz CT molecular complexity index is 4470. The first-order valence-electron chi connectivity index (χ1n) is 23.4. The zero-order valence-electron chi connectivity index (χ0n) is 37.6. The van der Waals surface area contributed by atoms with E-state index in [4.69, 9.17) is 6.57 Å². The minimum atomic E-state index is 0.443. The van der Waals surface area contributed by atoms with Crippen molar-refractivity contribution in [1.29, 1.82) is 5.26 Å². The van der Waals surface area contributed by atoms with E-state index in [1.165, 1.54) is 10.8 Å². The van der Waals surface area contributed by atoms with E-state index in [0.717, 1.165) is 98.9 Å². The number of rotatable bonds is 6. The van der Waals surface area contributed by atoms with E-state index in [-0.39, 0.29) is 0 Å². The topological polar surface area (TPSA) is 46.2 Å². The summed E-state index contributed by atoms with van der Waals surface area (Å²) >= 11 is 0. The van der Waals surface area contributed by atoms with Crippen LogP contribution in [0.3, 0.4) is 0 Å². The maximum absolute atomic E-state index is 11.3. The molecule has 0 aliphatic heterocycles. The number of para-hydroxylation sites is 4. The molecule has 3 aromatic heterocycles. The predicted molar refractivity (Wildman–Crippen MR) is 290 cm³/mol. The van der Waals surface area contributed by atoms with Gasteiger partial charge in [0.25, 0.3) is 0 Å². The lowest BCUT2D eigenvalue weighted by Crippen LogP contribution is -2.09. The fourth-order valence-corrected chi connectivity index (χ4v) is 11.3. The number of nitrogens with zero attached hydrogens (tertiary/aromatic N) is 6. The van der Waals surface area contributed by atoms with Gasteiger partial charge in [0.15, 0.2) is 0 Å². The Kier molecular flexibility index (Phi) is 8.61. The van der Waals surface area contributed by atoms with E-state index < -0.39 is 0 Å². The van der Waals surface area contributed by atoms with Gasteiger partial charge in [-0.2, -0.15) is 5.26 Å². The van der Waals surface area contributed by atoms with Gasteiger partial charge in [0, 0.05) is 55.1 Å². The molecule has 0 unspecified atom stereocenters. The van der Waals surface area contributed by atoms with Crippen LogP contribution in [0.1, 0.15) is 5.56 Å². The van der Waals surface area contributed by atoms with Crippen molar-refractivity contribution in [2.45, 2.75) is 0 Å². The second-order valence-electron chi connectivity index (χ2n) is 17.9. The first-order chi connectivity index (χ1) is 34.7. The normalized spacial score (nSPS) is 11.7. The molecular formula is C64H38N6. The van der Waals surface area contributed by atoms with Gasteiger partial charge >= 0.3 is 0 Å². The van der Waals surface area contributed by atoms with Gasteiger partial charge in [0.05, 0.1) is 56.6 Å². The maximum atomic E-state index is 11.3. The highest BCUT2D eigenvalue weighted by Gasteiger charge is 2.24. The van der Waals surface area contributed by atoms with Gasteiger partial charge in [-0.25, -0.2) is 4.85 Å². The Morgan fingerprint density at radius 3 is 1.41 bits per heavy atom. The number of hydrogen-bond acceptors (Lipinski definition) is 2. The number of hydrogen-bond donors (Lipinski definition) is 0. The fraction of sp³-hybridized carbons (Fsp3) is 0. The molecule has 0 N–H and O–H groups in total. The highest BCUT2D eigenvalue weighted by atomic mass is 15.1. The van der Waals surface area contributed by atoms with Crippen molar-refractivity contribution in [2.24, 2.45) is 0 Å². The SMILES string of the molecule is [C-]#[N+]c1cc(-n2c3ccc(-n4c5ccccc5c5ccccc54)cc3c3c4ccccc4ccc32)c(C#N)cc1-n1c2ccc(N(c3ccccc3)c3ccccc3)cc2c2c3ccccc3ccc21. The highest BCUT2D eigenvalue weighted by Crippen LogP contribution is 2.46. The van der Waals surface area contributed by atoms with Crippen molar-refractivity contribution in [3.63, 3.8) is 0 Å². The van der Waals surface area contributed by atoms with E-state index >= 15 is 0 Å². The summed E-state index contributed by atoms with van der Waals surface area (Å²) in [6, 6.07) is 83.4. The van der Waals surface area contributed by atoms with Crippen LogP contribution >= 0.6 is 0 Å². The molecule has 6 nitrogen and oxygen atoms in total. The summed E-state index contributed by atoms with van der Waals surface area (Å²) in [6.07, 6.45) is 0. The van der Waals surface area contributed by atoms with Gasteiger partial charge in [-0.1, -0.05) is 133 Å². The third kappa shape index (κ3) is 5.72. The molecular weight excluding hydrogens is 853 g/mol. The van der Waals surface area contributed by atoms with Crippen LogP contribution in [0, 0.1) is 17.9 Å². The second kappa shape index (κ2) is 15.3. The van der Waals surface area contributed by atoms with E-state index in [2.05, 4.69) is 236 Å². The zero-order valence-corrected chi connectivity index (χ0v) is 37.6. The number of aromatic nitrogens is 3. The van der Waals surface area contributed by atoms with Crippen molar-refractivity contribution in [2.75, 3.05) is 4.90 Å². The second-order valence-corrected chi connectivity index (χ2v) is 17.9. The molecule has 324 valence electrons. The standard InChI is InChI=1S/C64H38N6/c1-66-54-39-61(69-57-35-31-47(38-53(57)63-48-22-10-8-16-41(48)28-32-59(63)69)68-55-26-14-12-24-50(55)51-25-13-15-27-56(51)68)43(40-65)36-62(54)70-58-34-30-46(67(44-18-4-2-5-19-44)45-20-6-3-7-21-45)37-52(58)64-49-23-11-9-17-42(49)29-33-60(64)70/h2-39H. The molecule has 70 heavy (non-hydrogen) atoms. The fourth-order valence-electron chi connectivity index (χ4n) is 11.3. The van der Waals surface area contributed by atoms with Gasteiger partial charge in [0.1, 0.15) is 6.07 Å². The van der Waals surface area contributed by atoms with Crippen molar-refractivity contribution < 1.29 is 0 Å². The van der Waals surface area contributed by atoms with Crippen molar-refractivity contribution in [3.05, 3.63) is 248 Å². The molecule has 0 aliphatic rings. The first-order valence-corrected chi connectivity index (χ1v) is 23.4. The molecule has 0 amide bonds. The third-order valence-electron chi connectivity index (χ3n) is 14.2. The lowest BCUT2D eigenvalue weighted by Gasteiger charge is -2.25. The van der Waals surface area contributed by atoms with Gasteiger partial charge in [0.2, 0.25) is 5.69 Å². The smallest absolute Gasteiger partial charge is 0.212 e. The van der Waals surface area contributed by atoms with Gasteiger partial charge in [-0.3, -0.25) is 0 Å². The predicted octanol–water partition coefficient (Wildman–Crippen LogP) is 17.2. The Hall–Kier alpha value is -9.88. The van der Waals surface area contributed by atoms with Gasteiger partial charge in [-0.05, 0) is 119 Å². The number of nitriles is 1. The van der Waals surface area contributed by atoms with E-state index in [9.17, 15) is 5.26 Å². The largest absolute Gasteiger partial charge is 0.319 e. The minimum absolute atomic E-state index is 0.443. The van der Waals surface area contributed by atoms with Crippen LogP contribution in [-0.4, -0.2) is 13.7 Å². The number of anilines is 3. The third-order valence-corrected chi connectivity index (χ3v) is 14.2. The van der Waals surface area contributed by atoms with Crippen LogP contribution < -0.4 is 4.90 Å². The Labute approximate surface area is 402 Å². The summed E-state index contributed by atoms with van der Waals surface area (Å²) in [5, 5.41) is 22.5. The molecule has 3 heterocycles. The van der Waals surface area contributed by atoms with Crippen LogP contribution in [0.25, 0.3) is 109 Å². The van der Waals surface area contributed by atoms with Gasteiger partial charge < -0.3 is 18.6 Å². The summed E-state index contributed by atoms with van der Waals surface area (Å²) in [4.78, 5) is 6.56. The van der Waals surface area contributed by atoms with Crippen molar-refractivity contribution in [1.82, 2.24) is 13.7 Å². The zero-order chi connectivity index (χ0) is 46.5. The molecule has 6 heteroatoms.